The average Bonchev–Trinajstić information content (AvgIpc) is 3.13. The molecule has 7 nitrogen and oxygen atoms in total. The highest BCUT2D eigenvalue weighted by molar-refractivity contribution is 5.99. The van der Waals surface area contributed by atoms with Crippen molar-refractivity contribution >= 4 is 17.5 Å². The number of anilines is 1. The quantitative estimate of drug-likeness (QED) is 0.830. The molecule has 2 aromatic rings. The van der Waals surface area contributed by atoms with E-state index in [0.717, 1.165) is 17.8 Å². The molecule has 0 N–H and O–H groups in total. The smallest absolute Gasteiger partial charge is 0.274 e. The second-order valence-corrected chi connectivity index (χ2v) is 6.14. The summed E-state index contributed by atoms with van der Waals surface area (Å²) < 4.78 is 0. The number of likely N-dealkylation sites (tertiary alicyclic amines) is 1. The minimum absolute atomic E-state index is 0.00376. The molecule has 0 aliphatic carbocycles. The van der Waals surface area contributed by atoms with Gasteiger partial charge in [0.1, 0.15) is 5.69 Å². The first kappa shape index (κ1) is 14.7. The van der Waals surface area contributed by atoms with E-state index in [2.05, 4.69) is 15.0 Å². The number of nitrogens with zero attached hydrogens (tertiary/aromatic N) is 5. The maximum atomic E-state index is 12.7. The first-order valence-corrected chi connectivity index (χ1v) is 7.97. The second kappa shape index (κ2) is 5.67. The minimum atomic E-state index is -0.157. The topological polar surface area (TPSA) is 79.3 Å². The summed E-state index contributed by atoms with van der Waals surface area (Å²) >= 11 is 0. The van der Waals surface area contributed by atoms with Crippen LogP contribution in [0.2, 0.25) is 0 Å². The summed E-state index contributed by atoms with van der Waals surface area (Å²) in [4.78, 5) is 41.2. The van der Waals surface area contributed by atoms with E-state index in [1.54, 1.807) is 28.4 Å². The van der Waals surface area contributed by atoms with E-state index in [0.29, 0.717) is 18.7 Å². The first-order chi connectivity index (χ1) is 11.6. The molecule has 2 aliphatic rings. The van der Waals surface area contributed by atoms with Crippen molar-refractivity contribution in [3.8, 4) is 0 Å². The summed E-state index contributed by atoms with van der Waals surface area (Å²) in [5.41, 5.74) is 1.89. The Morgan fingerprint density at radius 2 is 2.08 bits per heavy atom. The molecule has 2 fully saturated rings. The van der Waals surface area contributed by atoms with Crippen LogP contribution in [-0.4, -0.2) is 50.3 Å². The summed E-state index contributed by atoms with van der Waals surface area (Å²) in [5, 5.41) is 0. The molecule has 4 rings (SSSR count). The highest BCUT2D eigenvalue weighted by Gasteiger charge is 2.49. The third-order valence-electron chi connectivity index (χ3n) is 4.68. The molecule has 0 radical (unpaired) electrons. The number of carbonyl (C=O) groups excluding carboxylic acids is 2. The number of aryl methyl sites for hydroxylation is 1. The standard InChI is InChI=1S/C17H17N5O2/c1-11-8-20-13(10-19-11)17(24)21-6-4-14-15(21)7-16(23)22(14)12-3-2-5-18-9-12/h2-3,5,8-10,14-15H,4,6-7H2,1H3/t14-,15+/m0/s1. The molecule has 2 aromatic heterocycles. The number of hydrogen-bond donors (Lipinski definition) is 0. The molecular weight excluding hydrogens is 306 g/mol. The van der Waals surface area contributed by atoms with E-state index in [1.807, 2.05) is 19.1 Å². The maximum Gasteiger partial charge on any atom is 0.274 e. The van der Waals surface area contributed by atoms with Gasteiger partial charge in [0, 0.05) is 25.4 Å². The number of hydrogen-bond acceptors (Lipinski definition) is 5. The lowest BCUT2D eigenvalue weighted by Crippen LogP contribution is -2.40. The summed E-state index contributed by atoms with van der Waals surface area (Å²) in [6, 6.07) is 3.58. The predicted molar refractivity (Wildman–Crippen MR) is 86.3 cm³/mol. The molecule has 0 unspecified atom stereocenters. The summed E-state index contributed by atoms with van der Waals surface area (Å²) in [5.74, 6) is -0.124. The molecule has 0 saturated carbocycles. The van der Waals surface area contributed by atoms with Crippen molar-refractivity contribution in [2.45, 2.75) is 31.8 Å². The maximum absolute atomic E-state index is 12.7. The predicted octanol–water partition coefficient (Wildman–Crippen LogP) is 1.20. The van der Waals surface area contributed by atoms with Crippen LogP contribution in [0, 0.1) is 6.92 Å². The van der Waals surface area contributed by atoms with Crippen molar-refractivity contribution in [2.75, 3.05) is 11.4 Å². The fraction of sp³-hybridized carbons (Fsp3) is 0.353. The van der Waals surface area contributed by atoms with E-state index >= 15 is 0 Å². The third-order valence-corrected chi connectivity index (χ3v) is 4.68. The molecule has 0 aromatic carbocycles. The monoisotopic (exact) mass is 323 g/mol. The molecule has 4 heterocycles. The SMILES string of the molecule is Cc1cnc(C(=O)N2CC[C@H]3[C@H]2CC(=O)N3c2cccnc2)cn1. The van der Waals surface area contributed by atoms with Gasteiger partial charge in [0.05, 0.1) is 35.9 Å². The highest BCUT2D eigenvalue weighted by atomic mass is 16.2. The fourth-order valence-corrected chi connectivity index (χ4v) is 3.58. The van der Waals surface area contributed by atoms with Crippen molar-refractivity contribution in [3.63, 3.8) is 0 Å². The van der Waals surface area contributed by atoms with Gasteiger partial charge in [-0.15, -0.1) is 0 Å². The van der Waals surface area contributed by atoms with E-state index in [9.17, 15) is 9.59 Å². The molecule has 2 amide bonds. The molecule has 2 aliphatic heterocycles. The number of rotatable bonds is 2. The zero-order chi connectivity index (χ0) is 16.7. The second-order valence-electron chi connectivity index (χ2n) is 6.14. The van der Waals surface area contributed by atoms with Crippen molar-refractivity contribution in [1.29, 1.82) is 0 Å². The van der Waals surface area contributed by atoms with E-state index < -0.39 is 0 Å². The van der Waals surface area contributed by atoms with E-state index in [1.165, 1.54) is 6.20 Å². The Hall–Kier alpha value is -2.83. The molecule has 7 heteroatoms. The van der Waals surface area contributed by atoms with Gasteiger partial charge in [-0.2, -0.15) is 0 Å². The number of aromatic nitrogens is 3. The summed E-state index contributed by atoms with van der Waals surface area (Å²) in [6.45, 7) is 2.45. The Bertz CT molecular complexity index is 777. The van der Waals surface area contributed by atoms with Gasteiger partial charge in [-0.1, -0.05) is 0 Å². The Labute approximate surface area is 139 Å². The van der Waals surface area contributed by atoms with Crippen LogP contribution < -0.4 is 4.90 Å². The number of fused-ring (bicyclic) bond motifs is 1. The Morgan fingerprint density at radius 1 is 1.21 bits per heavy atom. The third kappa shape index (κ3) is 2.33. The first-order valence-electron chi connectivity index (χ1n) is 7.97. The number of amides is 2. The molecule has 2 atom stereocenters. The minimum Gasteiger partial charge on any atom is -0.332 e. The largest absolute Gasteiger partial charge is 0.332 e. The lowest BCUT2D eigenvalue weighted by atomic mass is 10.1. The van der Waals surface area contributed by atoms with Crippen LogP contribution in [0.25, 0.3) is 0 Å². The van der Waals surface area contributed by atoms with Gasteiger partial charge in [-0.05, 0) is 25.5 Å². The van der Waals surface area contributed by atoms with Crippen molar-refractivity contribution in [1.82, 2.24) is 19.9 Å². The zero-order valence-corrected chi connectivity index (χ0v) is 13.3. The molecule has 0 spiro atoms. The molecule has 122 valence electrons. The lowest BCUT2D eigenvalue weighted by molar-refractivity contribution is -0.117. The van der Waals surface area contributed by atoms with Crippen molar-refractivity contribution < 1.29 is 9.59 Å². The normalized spacial score (nSPS) is 22.8. The van der Waals surface area contributed by atoms with Crippen LogP contribution in [0.15, 0.2) is 36.9 Å². The van der Waals surface area contributed by atoms with E-state index in [4.69, 9.17) is 0 Å². The van der Waals surface area contributed by atoms with Crippen LogP contribution in [0.4, 0.5) is 5.69 Å². The van der Waals surface area contributed by atoms with Crippen molar-refractivity contribution in [2.24, 2.45) is 0 Å². The van der Waals surface area contributed by atoms with Gasteiger partial charge in [-0.3, -0.25) is 19.6 Å². The fourth-order valence-electron chi connectivity index (χ4n) is 3.58. The molecule has 24 heavy (non-hydrogen) atoms. The van der Waals surface area contributed by atoms with Gasteiger partial charge in [0.25, 0.3) is 5.91 Å². The molecular formula is C17H17N5O2. The average molecular weight is 323 g/mol. The zero-order valence-electron chi connectivity index (χ0n) is 13.3. The van der Waals surface area contributed by atoms with Crippen LogP contribution in [0.5, 0.6) is 0 Å². The van der Waals surface area contributed by atoms with Gasteiger partial charge < -0.3 is 9.80 Å². The van der Waals surface area contributed by atoms with Crippen LogP contribution in [-0.2, 0) is 4.79 Å². The highest BCUT2D eigenvalue weighted by Crippen LogP contribution is 2.36. The van der Waals surface area contributed by atoms with Crippen molar-refractivity contribution in [3.05, 3.63) is 48.3 Å². The Morgan fingerprint density at radius 3 is 2.79 bits per heavy atom. The number of carbonyl (C=O) groups is 2. The van der Waals surface area contributed by atoms with Gasteiger partial charge >= 0.3 is 0 Å². The number of pyridine rings is 1. The summed E-state index contributed by atoms with van der Waals surface area (Å²) in [7, 11) is 0. The van der Waals surface area contributed by atoms with Crippen LogP contribution >= 0.6 is 0 Å². The van der Waals surface area contributed by atoms with Crippen LogP contribution in [0.1, 0.15) is 29.0 Å². The van der Waals surface area contributed by atoms with Gasteiger partial charge in [0.2, 0.25) is 5.91 Å². The Kier molecular flexibility index (Phi) is 3.48. The lowest BCUT2D eigenvalue weighted by Gasteiger charge is -2.25. The Balaban J connectivity index is 1.59. The van der Waals surface area contributed by atoms with E-state index in [-0.39, 0.29) is 23.9 Å². The summed E-state index contributed by atoms with van der Waals surface area (Å²) in [6.07, 6.45) is 7.56. The van der Waals surface area contributed by atoms with Crippen LogP contribution in [0.3, 0.4) is 0 Å². The molecule has 2 saturated heterocycles. The van der Waals surface area contributed by atoms with Gasteiger partial charge in [-0.25, -0.2) is 4.98 Å². The van der Waals surface area contributed by atoms with Gasteiger partial charge in [0.15, 0.2) is 0 Å². The molecule has 0 bridgehead atoms.